The maximum atomic E-state index is 9.87. The third-order valence-electron chi connectivity index (χ3n) is 4.32. The third kappa shape index (κ3) is 3.03. The van der Waals surface area contributed by atoms with E-state index >= 15 is 0 Å². The molecule has 2 unspecified atom stereocenters. The summed E-state index contributed by atoms with van der Waals surface area (Å²) in [5.74, 6) is 2.66. The third-order valence-corrected chi connectivity index (χ3v) is 4.32. The van der Waals surface area contributed by atoms with Gasteiger partial charge >= 0.3 is 0 Å². The van der Waals surface area contributed by atoms with Crippen molar-refractivity contribution in [3.05, 3.63) is 11.4 Å². The smallest absolute Gasteiger partial charge is 0.135 e. The summed E-state index contributed by atoms with van der Waals surface area (Å²) in [6.45, 7) is 6.30. The number of aliphatic hydroxyl groups is 1. The van der Waals surface area contributed by atoms with Crippen LogP contribution in [0.3, 0.4) is 0 Å². The minimum atomic E-state index is -0.270. The second-order valence-corrected chi connectivity index (χ2v) is 6.12. The first-order valence-electron chi connectivity index (χ1n) is 7.51. The van der Waals surface area contributed by atoms with E-state index in [-0.39, 0.29) is 12.1 Å². The second kappa shape index (κ2) is 5.95. The van der Waals surface area contributed by atoms with Crippen molar-refractivity contribution >= 4 is 11.6 Å². The Morgan fingerprint density at radius 3 is 2.80 bits per heavy atom. The molecule has 20 heavy (non-hydrogen) atoms. The van der Waals surface area contributed by atoms with Gasteiger partial charge in [0.2, 0.25) is 0 Å². The molecule has 1 fully saturated rings. The second-order valence-electron chi connectivity index (χ2n) is 6.12. The van der Waals surface area contributed by atoms with Crippen LogP contribution in [0.5, 0.6) is 0 Å². The number of anilines is 2. The molecular formula is C15H26N4O. The van der Waals surface area contributed by atoms with Gasteiger partial charge in [-0.1, -0.05) is 26.7 Å². The molecule has 1 aromatic heterocycles. The Labute approximate surface area is 121 Å². The standard InChI is InChI=1S/C15H26N4O/c1-4-12-17-13(16)11(3)14(18-12)19-15(9-20)7-5-6-10(2)8-15/h10,20H,4-9H2,1-3H3,(H3,16,17,18,19). The van der Waals surface area contributed by atoms with Crippen molar-refractivity contribution in [2.45, 2.75) is 58.4 Å². The predicted octanol–water partition coefficient (Wildman–Crippen LogP) is 2.28. The lowest BCUT2D eigenvalue weighted by Crippen LogP contribution is -2.46. The number of aliphatic hydroxyl groups excluding tert-OH is 1. The number of hydrogen-bond donors (Lipinski definition) is 3. The van der Waals surface area contributed by atoms with Crippen LogP contribution < -0.4 is 11.1 Å². The fraction of sp³-hybridized carbons (Fsp3) is 0.733. The van der Waals surface area contributed by atoms with Gasteiger partial charge in [0.15, 0.2) is 0 Å². The zero-order valence-electron chi connectivity index (χ0n) is 12.7. The summed E-state index contributed by atoms with van der Waals surface area (Å²) in [5, 5.41) is 13.3. The summed E-state index contributed by atoms with van der Waals surface area (Å²) < 4.78 is 0. The van der Waals surface area contributed by atoms with E-state index in [1.54, 1.807) is 0 Å². The van der Waals surface area contributed by atoms with Crippen LogP contribution in [-0.4, -0.2) is 27.2 Å². The predicted molar refractivity (Wildman–Crippen MR) is 81.6 cm³/mol. The minimum absolute atomic E-state index is 0.127. The first-order chi connectivity index (χ1) is 9.49. The van der Waals surface area contributed by atoms with E-state index in [0.29, 0.717) is 11.7 Å². The van der Waals surface area contributed by atoms with Crippen LogP contribution in [0.1, 0.15) is 50.9 Å². The minimum Gasteiger partial charge on any atom is -0.394 e. The molecule has 112 valence electrons. The molecule has 0 radical (unpaired) electrons. The lowest BCUT2D eigenvalue weighted by atomic mass is 9.77. The molecule has 2 rings (SSSR count). The average Bonchev–Trinajstić information content (AvgIpc) is 2.43. The molecule has 0 saturated heterocycles. The van der Waals surface area contributed by atoms with Crippen molar-refractivity contribution in [3.63, 3.8) is 0 Å². The van der Waals surface area contributed by atoms with Crippen LogP contribution in [0.2, 0.25) is 0 Å². The molecule has 1 aliphatic rings. The molecule has 1 aliphatic carbocycles. The number of nitrogen functional groups attached to an aromatic ring is 1. The lowest BCUT2D eigenvalue weighted by Gasteiger charge is -2.40. The zero-order chi connectivity index (χ0) is 14.8. The van der Waals surface area contributed by atoms with E-state index in [0.717, 1.165) is 42.9 Å². The highest BCUT2D eigenvalue weighted by molar-refractivity contribution is 5.56. The van der Waals surface area contributed by atoms with Crippen LogP contribution in [-0.2, 0) is 6.42 Å². The van der Waals surface area contributed by atoms with E-state index in [2.05, 4.69) is 22.2 Å². The van der Waals surface area contributed by atoms with Gasteiger partial charge in [-0.25, -0.2) is 9.97 Å². The molecule has 5 heteroatoms. The fourth-order valence-corrected chi connectivity index (χ4v) is 3.07. The molecule has 1 heterocycles. The van der Waals surface area contributed by atoms with Gasteiger partial charge < -0.3 is 16.2 Å². The van der Waals surface area contributed by atoms with Gasteiger partial charge in [-0.15, -0.1) is 0 Å². The van der Waals surface area contributed by atoms with Gasteiger partial charge in [-0.05, 0) is 25.7 Å². The van der Waals surface area contributed by atoms with Crippen LogP contribution in [0.25, 0.3) is 0 Å². The van der Waals surface area contributed by atoms with Crippen molar-refractivity contribution in [2.75, 3.05) is 17.7 Å². The first-order valence-corrected chi connectivity index (χ1v) is 7.51. The van der Waals surface area contributed by atoms with Crippen LogP contribution in [0.4, 0.5) is 11.6 Å². The van der Waals surface area contributed by atoms with Crippen molar-refractivity contribution in [1.29, 1.82) is 0 Å². The molecule has 1 saturated carbocycles. The van der Waals surface area contributed by atoms with Crippen LogP contribution >= 0.6 is 0 Å². The number of nitrogens with two attached hydrogens (primary N) is 1. The van der Waals surface area contributed by atoms with Crippen molar-refractivity contribution in [2.24, 2.45) is 5.92 Å². The van der Waals surface area contributed by atoms with Crippen molar-refractivity contribution in [3.8, 4) is 0 Å². The number of hydrogen-bond acceptors (Lipinski definition) is 5. The Bertz CT molecular complexity index is 477. The van der Waals surface area contributed by atoms with E-state index in [1.807, 2.05) is 13.8 Å². The highest BCUT2D eigenvalue weighted by Gasteiger charge is 2.35. The summed E-state index contributed by atoms with van der Waals surface area (Å²) in [4.78, 5) is 8.82. The molecule has 0 amide bonds. The van der Waals surface area contributed by atoms with Gasteiger partial charge in [0.1, 0.15) is 17.5 Å². The highest BCUT2D eigenvalue weighted by atomic mass is 16.3. The molecular weight excluding hydrogens is 252 g/mol. The van der Waals surface area contributed by atoms with E-state index in [9.17, 15) is 5.11 Å². The van der Waals surface area contributed by atoms with E-state index in [4.69, 9.17) is 5.73 Å². The van der Waals surface area contributed by atoms with E-state index in [1.165, 1.54) is 6.42 Å². The molecule has 0 aromatic carbocycles. The SMILES string of the molecule is CCc1nc(N)c(C)c(NC2(CO)CCCC(C)C2)n1. The molecule has 5 nitrogen and oxygen atoms in total. The summed E-state index contributed by atoms with van der Waals surface area (Å²) in [6.07, 6.45) is 5.05. The topological polar surface area (TPSA) is 84.1 Å². The number of nitrogens with zero attached hydrogens (tertiary/aromatic N) is 2. The number of nitrogens with one attached hydrogen (secondary N) is 1. The van der Waals surface area contributed by atoms with Gasteiger partial charge in [-0.2, -0.15) is 0 Å². The lowest BCUT2D eigenvalue weighted by molar-refractivity contribution is 0.149. The monoisotopic (exact) mass is 278 g/mol. The molecule has 0 aliphatic heterocycles. The summed E-state index contributed by atoms with van der Waals surface area (Å²) in [7, 11) is 0. The largest absolute Gasteiger partial charge is 0.394 e. The Kier molecular flexibility index (Phi) is 4.48. The maximum absolute atomic E-state index is 9.87. The zero-order valence-corrected chi connectivity index (χ0v) is 12.7. The maximum Gasteiger partial charge on any atom is 0.135 e. The number of aromatic nitrogens is 2. The van der Waals surface area contributed by atoms with Crippen LogP contribution in [0, 0.1) is 12.8 Å². The Balaban J connectivity index is 2.29. The quantitative estimate of drug-likeness (QED) is 0.787. The first kappa shape index (κ1) is 15.0. The van der Waals surface area contributed by atoms with Crippen molar-refractivity contribution < 1.29 is 5.11 Å². The molecule has 2 atom stereocenters. The Morgan fingerprint density at radius 2 is 2.20 bits per heavy atom. The molecule has 0 bridgehead atoms. The number of aryl methyl sites for hydroxylation is 1. The fourth-order valence-electron chi connectivity index (χ4n) is 3.07. The normalized spacial score (nSPS) is 26.5. The Hall–Kier alpha value is -1.36. The van der Waals surface area contributed by atoms with E-state index < -0.39 is 0 Å². The van der Waals surface area contributed by atoms with Gasteiger partial charge in [-0.3, -0.25) is 0 Å². The molecule has 1 aromatic rings. The van der Waals surface area contributed by atoms with Gasteiger partial charge in [0.05, 0.1) is 12.1 Å². The Morgan fingerprint density at radius 1 is 1.45 bits per heavy atom. The van der Waals surface area contributed by atoms with Crippen LogP contribution in [0.15, 0.2) is 0 Å². The molecule has 4 N–H and O–H groups in total. The summed E-state index contributed by atoms with van der Waals surface area (Å²) in [6, 6.07) is 0. The number of rotatable bonds is 4. The summed E-state index contributed by atoms with van der Waals surface area (Å²) in [5.41, 5.74) is 6.56. The van der Waals surface area contributed by atoms with Gasteiger partial charge in [0.25, 0.3) is 0 Å². The summed E-state index contributed by atoms with van der Waals surface area (Å²) >= 11 is 0. The highest BCUT2D eigenvalue weighted by Crippen LogP contribution is 2.35. The average molecular weight is 278 g/mol. The van der Waals surface area contributed by atoms with Crippen molar-refractivity contribution in [1.82, 2.24) is 9.97 Å². The molecule has 0 spiro atoms. The van der Waals surface area contributed by atoms with Gasteiger partial charge in [0, 0.05) is 12.0 Å².